The van der Waals surface area contributed by atoms with Gasteiger partial charge in [0.2, 0.25) is 5.91 Å². The van der Waals surface area contributed by atoms with Crippen molar-refractivity contribution < 1.29 is 13.9 Å². The number of nitrogens with one attached hydrogen (secondary N) is 1. The van der Waals surface area contributed by atoms with Crippen LogP contribution in [0.4, 0.5) is 10.1 Å². The molecule has 0 spiro atoms. The second kappa shape index (κ2) is 6.98. The lowest BCUT2D eigenvalue weighted by molar-refractivity contribution is -0.119. The summed E-state index contributed by atoms with van der Waals surface area (Å²) in [5.41, 5.74) is 7.17. The van der Waals surface area contributed by atoms with E-state index in [-0.39, 0.29) is 30.4 Å². The summed E-state index contributed by atoms with van der Waals surface area (Å²) >= 11 is 0. The molecule has 0 aromatic heterocycles. The maximum Gasteiger partial charge on any atom is 0.238 e. The number of morpholine rings is 1. The zero-order chi connectivity index (χ0) is 15.4. The third-order valence-corrected chi connectivity index (χ3v) is 3.60. The van der Waals surface area contributed by atoms with Crippen LogP contribution in [0.3, 0.4) is 0 Å². The van der Waals surface area contributed by atoms with E-state index in [1.165, 1.54) is 12.1 Å². The maximum atomic E-state index is 13.2. The zero-order valence-corrected chi connectivity index (χ0v) is 12.4. The maximum absolute atomic E-state index is 13.2. The van der Waals surface area contributed by atoms with Crippen molar-refractivity contribution in [2.45, 2.75) is 26.0 Å². The fourth-order valence-electron chi connectivity index (χ4n) is 2.32. The Balaban J connectivity index is 1.91. The van der Waals surface area contributed by atoms with Crippen molar-refractivity contribution in [3.05, 3.63) is 29.6 Å². The summed E-state index contributed by atoms with van der Waals surface area (Å²) in [7, 11) is 0. The van der Waals surface area contributed by atoms with Gasteiger partial charge in [0, 0.05) is 24.8 Å². The lowest BCUT2D eigenvalue weighted by atomic mass is 10.1. The topological polar surface area (TPSA) is 67.6 Å². The minimum atomic E-state index is -0.362. The lowest BCUT2D eigenvalue weighted by Gasteiger charge is -2.34. The van der Waals surface area contributed by atoms with E-state index in [2.05, 4.69) is 5.32 Å². The number of amides is 1. The molecule has 1 aromatic rings. The first-order chi connectivity index (χ1) is 9.95. The number of carbonyl (C=O) groups is 1. The number of rotatable bonds is 4. The first-order valence-corrected chi connectivity index (χ1v) is 7.11. The Morgan fingerprint density at radius 2 is 2.38 bits per heavy atom. The van der Waals surface area contributed by atoms with Crippen LogP contribution in [0.25, 0.3) is 0 Å². The number of halogens is 1. The highest BCUT2D eigenvalue weighted by molar-refractivity contribution is 5.92. The van der Waals surface area contributed by atoms with Crippen LogP contribution in [-0.4, -0.2) is 49.2 Å². The summed E-state index contributed by atoms with van der Waals surface area (Å²) in [6, 6.07) is 4.28. The van der Waals surface area contributed by atoms with Crippen LogP contribution in [0, 0.1) is 12.7 Å². The van der Waals surface area contributed by atoms with Gasteiger partial charge in [0.1, 0.15) is 5.82 Å². The molecule has 3 N–H and O–H groups in total. The highest BCUT2D eigenvalue weighted by Gasteiger charge is 2.24. The van der Waals surface area contributed by atoms with Gasteiger partial charge in [-0.15, -0.1) is 0 Å². The predicted octanol–water partition coefficient (Wildman–Crippen LogP) is 1.12. The van der Waals surface area contributed by atoms with Gasteiger partial charge in [-0.1, -0.05) is 6.07 Å². The molecular formula is C15H22FN3O2. The zero-order valence-electron chi connectivity index (χ0n) is 12.4. The molecule has 1 amide bonds. The van der Waals surface area contributed by atoms with E-state index in [1.807, 2.05) is 18.7 Å². The van der Waals surface area contributed by atoms with Crippen LogP contribution < -0.4 is 11.1 Å². The molecule has 116 valence electrons. The molecule has 1 heterocycles. The smallest absolute Gasteiger partial charge is 0.238 e. The van der Waals surface area contributed by atoms with Gasteiger partial charge in [-0.3, -0.25) is 9.69 Å². The van der Waals surface area contributed by atoms with Crippen LogP contribution in [0.5, 0.6) is 0 Å². The average Bonchev–Trinajstić information content (AvgIpc) is 2.43. The molecule has 2 rings (SSSR count). The van der Waals surface area contributed by atoms with E-state index in [0.717, 1.165) is 5.56 Å². The number of hydrogen-bond acceptors (Lipinski definition) is 4. The molecule has 0 radical (unpaired) electrons. The molecule has 1 aliphatic heterocycles. The second-order valence-corrected chi connectivity index (χ2v) is 5.51. The van der Waals surface area contributed by atoms with E-state index in [4.69, 9.17) is 10.5 Å². The molecular weight excluding hydrogens is 273 g/mol. The van der Waals surface area contributed by atoms with Crippen molar-refractivity contribution in [2.24, 2.45) is 5.73 Å². The molecule has 1 fully saturated rings. The van der Waals surface area contributed by atoms with E-state index in [1.54, 1.807) is 6.07 Å². The highest BCUT2D eigenvalue weighted by atomic mass is 19.1. The second-order valence-electron chi connectivity index (χ2n) is 5.51. The number of hydrogen-bond donors (Lipinski definition) is 2. The summed E-state index contributed by atoms with van der Waals surface area (Å²) in [5, 5.41) is 2.75. The van der Waals surface area contributed by atoms with Crippen LogP contribution in [0.1, 0.15) is 12.5 Å². The molecule has 0 aliphatic carbocycles. The van der Waals surface area contributed by atoms with E-state index in [9.17, 15) is 9.18 Å². The molecule has 1 aliphatic rings. The third-order valence-electron chi connectivity index (χ3n) is 3.60. The first kappa shape index (κ1) is 15.9. The molecule has 1 aromatic carbocycles. The van der Waals surface area contributed by atoms with Gasteiger partial charge in [0.25, 0.3) is 0 Å². The molecule has 5 nitrogen and oxygen atoms in total. The van der Waals surface area contributed by atoms with Gasteiger partial charge in [0.05, 0.1) is 19.3 Å². The van der Waals surface area contributed by atoms with Crippen LogP contribution in [-0.2, 0) is 9.53 Å². The average molecular weight is 295 g/mol. The van der Waals surface area contributed by atoms with Crippen molar-refractivity contribution >= 4 is 11.6 Å². The van der Waals surface area contributed by atoms with Gasteiger partial charge in [-0.2, -0.15) is 0 Å². The van der Waals surface area contributed by atoms with Gasteiger partial charge in [-0.05, 0) is 31.5 Å². The first-order valence-electron chi connectivity index (χ1n) is 7.11. The SMILES string of the molecule is Cc1ccc(F)cc1NC(=O)CN1CCOC(C(C)N)C1. The fourth-order valence-corrected chi connectivity index (χ4v) is 2.32. The summed E-state index contributed by atoms with van der Waals surface area (Å²) in [6.07, 6.45) is -0.0533. The summed E-state index contributed by atoms with van der Waals surface area (Å²) in [6.45, 7) is 5.87. The molecule has 2 atom stereocenters. The van der Waals surface area contributed by atoms with E-state index >= 15 is 0 Å². The van der Waals surface area contributed by atoms with Gasteiger partial charge in [-0.25, -0.2) is 4.39 Å². The summed E-state index contributed by atoms with van der Waals surface area (Å²) in [5.74, 6) is -0.520. The van der Waals surface area contributed by atoms with Gasteiger partial charge in [0.15, 0.2) is 0 Å². The Hall–Kier alpha value is -1.50. The quantitative estimate of drug-likeness (QED) is 0.873. The molecule has 6 heteroatoms. The number of ether oxygens (including phenoxy) is 1. The number of nitrogens with two attached hydrogens (primary N) is 1. The van der Waals surface area contributed by atoms with Crippen molar-refractivity contribution in [2.75, 3.05) is 31.6 Å². The fraction of sp³-hybridized carbons (Fsp3) is 0.533. The Labute approximate surface area is 124 Å². The monoisotopic (exact) mass is 295 g/mol. The Bertz CT molecular complexity index is 508. The third kappa shape index (κ3) is 4.49. The van der Waals surface area contributed by atoms with E-state index < -0.39 is 0 Å². The number of aryl methyl sites for hydroxylation is 1. The molecule has 2 unspecified atom stereocenters. The van der Waals surface area contributed by atoms with Crippen LogP contribution in [0.2, 0.25) is 0 Å². The summed E-state index contributed by atoms with van der Waals surface area (Å²) in [4.78, 5) is 14.1. The van der Waals surface area contributed by atoms with Crippen molar-refractivity contribution in [3.8, 4) is 0 Å². The number of benzene rings is 1. The van der Waals surface area contributed by atoms with Crippen LogP contribution >= 0.6 is 0 Å². The Morgan fingerprint density at radius 3 is 3.10 bits per heavy atom. The number of anilines is 1. The summed E-state index contributed by atoms with van der Waals surface area (Å²) < 4.78 is 18.8. The molecule has 1 saturated heterocycles. The van der Waals surface area contributed by atoms with Crippen LogP contribution in [0.15, 0.2) is 18.2 Å². The Kier molecular flexibility index (Phi) is 5.27. The number of carbonyl (C=O) groups excluding carboxylic acids is 1. The normalized spacial score (nSPS) is 21.0. The molecule has 0 bridgehead atoms. The standard InChI is InChI=1S/C15H22FN3O2/c1-10-3-4-12(16)7-13(10)18-15(20)9-19-5-6-21-14(8-19)11(2)17/h3-4,7,11,14H,5-6,8-9,17H2,1-2H3,(H,18,20). The van der Waals surface area contributed by atoms with Crippen molar-refractivity contribution in [1.29, 1.82) is 0 Å². The highest BCUT2D eigenvalue weighted by Crippen LogP contribution is 2.16. The largest absolute Gasteiger partial charge is 0.374 e. The molecule has 21 heavy (non-hydrogen) atoms. The molecule has 0 saturated carbocycles. The van der Waals surface area contributed by atoms with E-state index in [0.29, 0.717) is 25.4 Å². The minimum Gasteiger partial charge on any atom is -0.374 e. The van der Waals surface area contributed by atoms with Crippen molar-refractivity contribution in [1.82, 2.24) is 4.90 Å². The Morgan fingerprint density at radius 1 is 1.62 bits per heavy atom. The predicted molar refractivity (Wildman–Crippen MR) is 79.6 cm³/mol. The van der Waals surface area contributed by atoms with Gasteiger partial charge < -0.3 is 15.8 Å². The number of nitrogens with zero attached hydrogens (tertiary/aromatic N) is 1. The van der Waals surface area contributed by atoms with Gasteiger partial charge >= 0.3 is 0 Å². The minimum absolute atomic E-state index is 0.0533. The lowest BCUT2D eigenvalue weighted by Crippen LogP contribution is -2.51. The van der Waals surface area contributed by atoms with Crippen molar-refractivity contribution in [3.63, 3.8) is 0 Å².